The molecule has 1 fully saturated rings. The summed E-state index contributed by atoms with van der Waals surface area (Å²) < 4.78 is 7.08. The van der Waals surface area contributed by atoms with Gasteiger partial charge < -0.3 is 4.74 Å². The summed E-state index contributed by atoms with van der Waals surface area (Å²) in [5.74, 6) is 0.694. The van der Waals surface area contributed by atoms with Crippen molar-refractivity contribution in [2.45, 2.75) is 23.7 Å². The van der Waals surface area contributed by atoms with Crippen molar-refractivity contribution >= 4 is 11.3 Å². The summed E-state index contributed by atoms with van der Waals surface area (Å²) in [5, 5.41) is 0. The van der Waals surface area contributed by atoms with Gasteiger partial charge in [0.2, 0.25) is 0 Å². The highest BCUT2D eigenvalue weighted by atomic mass is 17.2. The third-order valence-electron chi connectivity index (χ3n) is 7.78. The lowest BCUT2D eigenvalue weighted by molar-refractivity contribution is -0.447. The average molecular weight is 471 g/mol. The first-order valence-corrected chi connectivity index (χ1v) is 12.5. The van der Waals surface area contributed by atoms with Gasteiger partial charge in [0, 0.05) is 12.0 Å². The first kappa shape index (κ1) is 21.4. The van der Waals surface area contributed by atoms with Crippen LogP contribution >= 0.6 is 0 Å². The fourth-order valence-electron chi connectivity index (χ4n) is 6.11. The first-order valence-electron chi connectivity index (χ1n) is 12.5. The van der Waals surface area contributed by atoms with E-state index in [0.717, 1.165) is 22.4 Å². The fourth-order valence-corrected chi connectivity index (χ4v) is 6.11. The Balaban J connectivity index is 1.44. The van der Waals surface area contributed by atoms with Crippen molar-refractivity contribution < 1.29 is 14.5 Å². The molecule has 3 aliphatic rings. The Kier molecular flexibility index (Phi) is 4.95. The van der Waals surface area contributed by atoms with E-state index in [4.69, 9.17) is 14.5 Å². The maximum atomic E-state index is 7.08. The van der Waals surface area contributed by atoms with E-state index in [2.05, 4.69) is 103 Å². The molecule has 36 heavy (non-hydrogen) atoms. The number of hydrogen-bond acceptors (Lipinski definition) is 3. The molecule has 2 heterocycles. The summed E-state index contributed by atoms with van der Waals surface area (Å²) in [6.45, 7) is 0. The molecule has 0 aromatic heterocycles. The van der Waals surface area contributed by atoms with E-state index >= 15 is 0 Å². The third-order valence-corrected chi connectivity index (χ3v) is 7.78. The molecule has 4 aromatic carbocycles. The molecular weight excluding hydrogens is 444 g/mol. The second-order valence-corrected chi connectivity index (χ2v) is 9.73. The second-order valence-electron chi connectivity index (χ2n) is 9.73. The Hall–Kier alpha value is -3.92. The Morgan fingerprint density at radius 3 is 1.78 bits per heavy atom. The average Bonchev–Trinajstić information content (AvgIpc) is 3.56. The highest BCUT2D eigenvalue weighted by Gasteiger charge is 2.67. The zero-order chi connectivity index (χ0) is 24.0. The molecule has 1 aliphatic carbocycles. The van der Waals surface area contributed by atoms with Gasteiger partial charge in [-0.25, -0.2) is 9.78 Å². The van der Waals surface area contributed by atoms with E-state index in [9.17, 15) is 0 Å². The summed E-state index contributed by atoms with van der Waals surface area (Å²) in [6, 6.07) is 41.7. The smallest absolute Gasteiger partial charge is 0.176 e. The minimum Gasteiger partial charge on any atom is -0.478 e. The lowest BCUT2D eigenvalue weighted by Crippen LogP contribution is -2.57. The van der Waals surface area contributed by atoms with E-state index < -0.39 is 17.3 Å². The van der Waals surface area contributed by atoms with Crippen LogP contribution in [-0.4, -0.2) is 6.10 Å². The summed E-state index contributed by atoms with van der Waals surface area (Å²) in [7, 11) is 0. The van der Waals surface area contributed by atoms with Gasteiger partial charge in [-0.3, -0.25) is 0 Å². The summed E-state index contributed by atoms with van der Waals surface area (Å²) in [6.07, 6.45) is 4.73. The maximum absolute atomic E-state index is 7.08. The van der Waals surface area contributed by atoms with Crippen LogP contribution in [-0.2, 0) is 25.7 Å². The predicted octanol–water partition coefficient (Wildman–Crippen LogP) is 7.28. The zero-order valence-corrected chi connectivity index (χ0v) is 19.8. The molecule has 2 aliphatic heterocycles. The van der Waals surface area contributed by atoms with Crippen molar-refractivity contribution in [2.75, 3.05) is 0 Å². The van der Waals surface area contributed by atoms with Gasteiger partial charge in [-0.1, -0.05) is 127 Å². The van der Waals surface area contributed by atoms with Crippen molar-refractivity contribution in [3.05, 3.63) is 156 Å². The first-order chi connectivity index (χ1) is 17.8. The fraction of sp³-hybridized carbons (Fsp3) is 0.152. The predicted molar refractivity (Wildman–Crippen MR) is 140 cm³/mol. The molecule has 0 bridgehead atoms. The second kappa shape index (κ2) is 8.34. The van der Waals surface area contributed by atoms with Crippen LogP contribution in [0.15, 0.2) is 133 Å². The molecule has 0 N–H and O–H groups in total. The molecule has 0 amide bonds. The van der Waals surface area contributed by atoms with E-state index in [1.807, 2.05) is 30.3 Å². The Morgan fingerprint density at radius 1 is 0.583 bits per heavy atom. The normalized spacial score (nSPS) is 28.4. The van der Waals surface area contributed by atoms with Gasteiger partial charge >= 0.3 is 0 Å². The van der Waals surface area contributed by atoms with E-state index in [1.54, 1.807) is 0 Å². The van der Waals surface area contributed by atoms with Gasteiger partial charge in [-0.15, -0.1) is 0 Å². The van der Waals surface area contributed by atoms with Crippen LogP contribution in [0.2, 0.25) is 0 Å². The zero-order valence-electron chi connectivity index (χ0n) is 19.8. The van der Waals surface area contributed by atoms with Gasteiger partial charge in [0.1, 0.15) is 11.4 Å². The monoisotopic (exact) mass is 470 g/mol. The van der Waals surface area contributed by atoms with Gasteiger partial charge in [-0.2, -0.15) is 0 Å². The van der Waals surface area contributed by atoms with Crippen molar-refractivity contribution in [1.29, 1.82) is 0 Å². The molecule has 1 saturated heterocycles. The maximum Gasteiger partial charge on any atom is 0.176 e. The topological polar surface area (TPSA) is 27.7 Å². The summed E-state index contributed by atoms with van der Waals surface area (Å²) in [4.78, 5) is 12.8. The van der Waals surface area contributed by atoms with Crippen LogP contribution in [0.4, 0.5) is 0 Å². The molecule has 3 nitrogen and oxygen atoms in total. The minimum absolute atomic E-state index is 0.124. The highest BCUT2D eigenvalue weighted by molar-refractivity contribution is 5.72. The number of rotatable bonds is 4. The van der Waals surface area contributed by atoms with Crippen LogP contribution < -0.4 is 0 Å². The number of fused-ring (bicyclic) bond motifs is 3. The van der Waals surface area contributed by atoms with Crippen molar-refractivity contribution in [1.82, 2.24) is 0 Å². The molecule has 0 spiro atoms. The molecule has 4 aromatic rings. The lowest BCUT2D eigenvalue weighted by atomic mass is 9.68. The van der Waals surface area contributed by atoms with Gasteiger partial charge in [-0.05, 0) is 28.3 Å². The Labute approximate surface area is 211 Å². The quantitative estimate of drug-likeness (QED) is 0.293. The van der Waals surface area contributed by atoms with Crippen LogP contribution in [0.5, 0.6) is 0 Å². The molecule has 0 unspecified atom stereocenters. The minimum atomic E-state index is -0.781. The Morgan fingerprint density at radius 2 is 1.14 bits per heavy atom. The van der Waals surface area contributed by atoms with Gasteiger partial charge in [0.15, 0.2) is 11.7 Å². The molecule has 3 heteroatoms. The van der Waals surface area contributed by atoms with E-state index in [1.165, 1.54) is 11.1 Å². The van der Waals surface area contributed by atoms with Gasteiger partial charge in [0.25, 0.3) is 0 Å². The van der Waals surface area contributed by atoms with Crippen LogP contribution in [0, 0.1) is 5.92 Å². The van der Waals surface area contributed by atoms with Crippen molar-refractivity contribution in [2.24, 2.45) is 5.92 Å². The molecule has 176 valence electrons. The SMILES string of the molecule is C1=C(c2ccccc2)C[C@]2(c3ccccc3)OO[C@@H]3C=C(c4ccccc4)O[C@]3(c3ccccc3)[C@H]12. The largest absolute Gasteiger partial charge is 0.478 e. The molecule has 7 rings (SSSR count). The lowest BCUT2D eigenvalue weighted by Gasteiger charge is -2.50. The number of ether oxygens (including phenoxy) is 1. The standard InChI is InChI=1S/C33H26O3/c1-5-13-24(14-6-1)26-21-30-32(23-26,27-17-9-3-10-18-27)36-35-31-22-29(25-15-7-2-8-16-25)34-33(30,31)28-19-11-4-12-20-28/h1-22,30-31H,23H2/t30-,31-,32-,33-/m1/s1. The molecular formula is C33H26O3. The van der Waals surface area contributed by atoms with E-state index in [-0.39, 0.29) is 5.92 Å². The van der Waals surface area contributed by atoms with Gasteiger partial charge in [0.05, 0.1) is 5.92 Å². The number of benzene rings is 4. The van der Waals surface area contributed by atoms with Crippen LogP contribution in [0.25, 0.3) is 11.3 Å². The molecule has 4 atom stereocenters. The summed E-state index contributed by atoms with van der Waals surface area (Å²) >= 11 is 0. The Bertz CT molecular complexity index is 1430. The van der Waals surface area contributed by atoms with Crippen LogP contribution in [0.3, 0.4) is 0 Å². The molecule has 0 radical (unpaired) electrons. The highest BCUT2D eigenvalue weighted by Crippen LogP contribution is 2.63. The number of hydrogen-bond donors (Lipinski definition) is 0. The van der Waals surface area contributed by atoms with Crippen LogP contribution in [0.1, 0.15) is 28.7 Å². The third kappa shape index (κ3) is 3.13. The van der Waals surface area contributed by atoms with Crippen molar-refractivity contribution in [3.63, 3.8) is 0 Å². The van der Waals surface area contributed by atoms with E-state index in [0.29, 0.717) is 6.42 Å². The molecule has 0 saturated carbocycles. The summed E-state index contributed by atoms with van der Waals surface area (Å²) in [5.41, 5.74) is 4.12. The van der Waals surface area contributed by atoms with Crippen molar-refractivity contribution in [3.8, 4) is 0 Å².